The van der Waals surface area contributed by atoms with E-state index in [1.54, 1.807) is 30.3 Å². The number of benzene rings is 2. The van der Waals surface area contributed by atoms with Crippen LogP contribution in [-0.4, -0.2) is 12.1 Å². The van der Waals surface area contributed by atoms with Crippen LogP contribution in [0, 0.1) is 22.7 Å². The van der Waals surface area contributed by atoms with Gasteiger partial charge in [-0.3, -0.25) is 0 Å². The van der Waals surface area contributed by atoms with Crippen LogP contribution in [0.15, 0.2) is 58.3 Å². The Hall–Kier alpha value is -2.76. The molecule has 0 heterocycles. The second-order valence-corrected chi connectivity index (χ2v) is 5.47. The number of hydrogen-bond acceptors (Lipinski definition) is 5. The summed E-state index contributed by atoms with van der Waals surface area (Å²) in [7, 11) is 0. The molecule has 0 N–H and O–H groups in total. The zero-order chi connectivity index (χ0) is 15.9. The van der Waals surface area contributed by atoms with Gasteiger partial charge in [0.05, 0.1) is 11.1 Å². The van der Waals surface area contributed by atoms with Gasteiger partial charge in [0.1, 0.15) is 12.1 Å². The summed E-state index contributed by atoms with van der Waals surface area (Å²) < 4.78 is 5.04. The van der Waals surface area contributed by atoms with Crippen molar-refractivity contribution in [1.82, 2.24) is 0 Å². The number of nitrogens with zero attached hydrogens (tertiary/aromatic N) is 2. The standard InChI is InChI=1S/C17H12N2O2S/c1-12(10-18)21-17(20)14-7-3-5-9-16(14)22-15-8-4-2-6-13(15)11-19/h2-9,12H,1H3/t12-/m0/s1. The molecule has 22 heavy (non-hydrogen) atoms. The molecule has 108 valence electrons. The number of ether oxygens (including phenoxy) is 1. The van der Waals surface area contributed by atoms with Crippen molar-refractivity contribution in [2.75, 3.05) is 0 Å². The van der Waals surface area contributed by atoms with Crippen LogP contribution < -0.4 is 0 Å². The summed E-state index contributed by atoms with van der Waals surface area (Å²) in [6.07, 6.45) is -0.808. The first-order chi connectivity index (χ1) is 10.7. The van der Waals surface area contributed by atoms with Gasteiger partial charge in [-0.05, 0) is 31.2 Å². The third kappa shape index (κ3) is 3.66. The normalized spacial score (nSPS) is 11.0. The van der Waals surface area contributed by atoms with Crippen molar-refractivity contribution in [3.8, 4) is 12.1 Å². The molecule has 0 amide bonds. The molecule has 0 aliphatic carbocycles. The average molecular weight is 308 g/mol. The van der Waals surface area contributed by atoms with E-state index in [0.717, 1.165) is 4.90 Å². The molecule has 2 rings (SSSR count). The number of nitriles is 2. The lowest BCUT2D eigenvalue weighted by Gasteiger charge is -2.10. The number of rotatable bonds is 4. The van der Waals surface area contributed by atoms with Gasteiger partial charge in [-0.2, -0.15) is 10.5 Å². The van der Waals surface area contributed by atoms with E-state index >= 15 is 0 Å². The van der Waals surface area contributed by atoms with Crippen molar-refractivity contribution in [3.05, 3.63) is 59.7 Å². The van der Waals surface area contributed by atoms with E-state index in [0.29, 0.717) is 16.0 Å². The van der Waals surface area contributed by atoms with E-state index in [9.17, 15) is 4.79 Å². The minimum atomic E-state index is -0.808. The average Bonchev–Trinajstić information content (AvgIpc) is 2.55. The van der Waals surface area contributed by atoms with Gasteiger partial charge in [0.2, 0.25) is 0 Å². The van der Waals surface area contributed by atoms with Crippen LogP contribution in [0.3, 0.4) is 0 Å². The molecular weight excluding hydrogens is 296 g/mol. The van der Waals surface area contributed by atoms with Crippen LogP contribution in [-0.2, 0) is 4.74 Å². The molecule has 2 aromatic carbocycles. The van der Waals surface area contributed by atoms with Gasteiger partial charge in [0.25, 0.3) is 0 Å². The van der Waals surface area contributed by atoms with Crippen LogP contribution in [0.5, 0.6) is 0 Å². The van der Waals surface area contributed by atoms with E-state index in [2.05, 4.69) is 6.07 Å². The molecule has 0 radical (unpaired) electrons. The van der Waals surface area contributed by atoms with Gasteiger partial charge in [-0.1, -0.05) is 36.0 Å². The second kappa shape index (κ2) is 7.31. The number of carbonyl (C=O) groups excluding carboxylic acids is 1. The van der Waals surface area contributed by atoms with Crippen LogP contribution >= 0.6 is 11.8 Å². The van der Waals surface area contributed by atoms with Gasteiger partial charge in [-0.15, -0.1) is 0 Å². The molecule has 0 spiro atoms. The first-order valence-corrected chi connectivity index (χ1v) is 7.34. The summed E-state index contributed by atoms with van der Waals surface area (Å²) in [5.41, 5.74) is 0.920. The predicted octanol–water partition coefficient (Wildman–Crippen LogP) is 3.78. The summed E-state index contributed by atoms with van der Waals surface area (Å²) in [5, 5.41) is 17.9. The fourth-order valence-corrected chi connectivity index (χ4v) is 2.76. The Balaban J connectivity index is 2.32. The number of hydrogen-bond donors (Lipinski definition) is 0. The maximum absolute atomic E-state index is 12.1. The van der Waals surface area contributed by atoms with E-state index in [4.69, 9.17) is 15.3 Å². The van der Waals surface area contributed by atoms with E-state index in [1.807, 2.05) is 24.3 Å². The van der Waals surface area contributed by atoms with Crippen LogP contribution in [0.1, 0.15) is 22.8 Å². The highest BCUT2D eigenvalue weighted by molar-refractivity contribution is 7.99. The first-order valence-electron chi connectivity index (χ1n) is 6.52. The molecule has 0 unspecified atom stereocenters. The van der Waals surface area contributed by atoms with Crippen molar-refractivity contribution in [2.45, 2.75) is 22.8 Å². The largest absolute Gasteiger partial charge is 0.444 e. The molecule has 5 heteroatoms. The molecular formula is C17H12N2O2S. The lowest BCUT2D eigenvalue weighted by Crippen LogP contribution is -2.13. The summed E-state index contributed by atoms with van der Waals surface area (Å²) >= 11 is 1.32. The monoisotopic (exact) mass is 308 g/mol. The zero-order valence-corrected chi connectivity index (χ0v) is 12.6. The molecule has 0 aliphatic rings. The maximum Gasteiger partial charge on any atom is 0.340 e. The van der Waals surface area contributed by atoms with Crippen molar-refractivity contribution < 1.29 is 9.53 Å². The molecule has 0 bridgehead atoms. The van der Waals surface area contributed by atoms with E-state index < -0.39 is 12.1 Å². The summed E-state index contributed by atoms with van der Waals surface area (Å²) in [5.74, 6) is -0.549. The number of esters is 1. The third-order valence-corrected chi connectivity index (χ3v) is 3.95. The minimum absolute atomic E-state index is 0.377. The number of carbonyl (C=O) groups is 1. The second-order valence-electron chi connectivity index (χ2n) is 4.38. The molecule has 0 fully saturated rings. The lowest BCUT2D eigenvalue weighted by molar-refractivity contribution is 0.0431. The Morgan fingerprint density at radius 1 is 1.09 bits per heavy atom. The Morgan fingerprint density at radius 3 is 2.41 bits per heavy atom. The van der Waals surface area contributed by atoms with E-state index in [1.165, 1.54) is 18.7 Å². The Morgan fingerprint density at radius 2 is 1.73 bits per heavy atom. The Labute approximate surface area is 132 Å². The Bertz CT molecular complexity index is 775. The molecule has 0 aliphatic heterocycles. The summed E-state index contributed by atoms with van der Waals surface area (Å²) in [6.45, 7) is 1.51. The fraction of sp³-hybridized carbons (Fsp3) is 0.118. The summed E-state index contributed by atoms with van der Waals surface area (Å²) in [4.78, 5) is 13.6. The predicted molar refractivity (Wildman–Crippen MR) is 82.2 cm³/mol. The lowest BCUT2D eigenvalue weighted by atomic mass is 10.2. The molecule has 4 nitrogen and oxygen atoms in total. The first kappa shape index (κ1) is 15.6. The van der Waals surface area contributed by atoms with E-state index in [-0.39, 0.29) is 0 Å². The maximum atomic E-state index is 12.1. The van der Waals surface area contributed by atoms with Gasteiger partial charge in [0.15, 0.2) is 6.10 Å². The van der Waals surface area contributed by atoms with Crippen molar-refractivity contribution in [1.29, 1.82) is 10.5 Å². The van der Waals surface area contributed by atoms with Crippen molar-refractivity contribution in [2.24, 2.45) is 0 Å². The molecule has 0 saturated heterocycles. The minimum Gasteiger partial charge on any atom is -0.444 e. The Kier molecular flexibility index (Phi) is 5.19. The topological polar surface area (TPSA) is 73.9 Å². The van der Waals surface area contributed by atoms with Gasteiger partial charge in [-0.25, -0.2) is 4.79 Å². The van der Waals surface area contributed by atoms with Gasteiger partial charge >= 0.3 is 5.97 Å². The van der Waals surface area contributed by atoms with Crippen molar-refractivity contribution in [3.63, 3.8) is 0 Å². The summed E-state index contributed by atoms with van der Waals surface area (Å²) in [6, 6.07) is 18.1. The highest BCUT2D eigenvalue weighted by Crippen LogP contribution is 2.32. The molecule has 2 aromatic rings. The highest BCUT2D eigenvalue weighted by Gasteiger charge is 2.16. The zero-order valence-electron chi connectivity index (χ0n) is 11.8. The van der Waals surface area contributed by atoms with Gasteiger partial charge < -0.3 is 4.74 Å². The van der Waals surface area contributed by atoms with Crippen LogP contribution in [0.2, 0.25) is 0 Å². The fourth-order valence-electron chi connectivity index (χ4n) is 1.74. The molecule has 1 atom stereocenters. The van der Waals surface area contributed by atoms with Crippen LogP contribution in [0.4, 0.5) is 0 Å². The molecule has 0 saturated carbocycles. The van der Waals surface area contributed by atoms with Crippen molar-refractivity contribution >= 4 is 17.7 Å². The third-order valence-electron chi connectivity index (χ3n) is 2.80. The van der Waals surface area contributed by atoms with Gasteiger partial charge in [0, 0.05) is 9.79 Å². The quantitative estimate of drug-likeness (QED) is 0.804. The smallest absolute Gasteiger partial charge is 0.340 e. The highest BCUT2D eigenvalue weighted by atomic mass is 32.2. The molecule has 0 aromatic heterocycles. The van der Waals surface area contributed by atoms with Crippen LogP contribution in [0.25, 0.3) is 0 Å². The SMILES string of the molecule is C[C@@H](C#N)OC(=O)c1ccccc1Sc1ccccc1C#N.